The van der Waals surface area contributed by atoms with Crippen molar-refractivity contribution in [3.8, 4) is 28.5 Å². The molecule has 0 amide bonds. The van der Waals surface area contributed by atoms with Crippen LogP contribution in [-0.4, -0.2) is 31.4 Å². The zero-order valence-electron chi connectivity index (χ0n) is 18.1. The molecule has 7 nitrogen and oxygen atoms in total. The third kappa shape index (κ3) is 4.24. The molecule has 2 heterocycles. The van der Waals surface area contributed by atoms with Crippen LogP contribution in [0, 0.1) is 0 Å². The van der Waals surface area contributed by atoms with Gasteiger partial charge in [-0.25, -0.2) is 9.97 Å². The molecular formula is C24H21F3N4O3. The SMILES string of the molecule is CC1(O)CC(c2nc(-c3ccc(OC(F)(F)F)cc3Oc3ccccc3)c3c(N)nccn23)C1. The van der Waals surface area contributed by atoms with Crippen molar-refractivity contribution in [2.45, 2.75) is 37.6 Å². The van der Waals surface area contributed by atoms with Gasteiger partial charge in [0.1, 0.15) is 40.1 Å². The van der Waals surface area contributed by atoms with Gasteiger partial charge in [-0.3, -0.25) is 4.40 Å². The predicted octanol–water partition coefficient (Wildman–Crippen LogP) is 5.30. The third-order valence-corrected chi connectivity index (χ3v) is 5.76. The van der Waals surface area contributed by atoms with Gasteiger partial charge in [-0.1, -0.05) is 18.2 Å². The summed E-state index contributed by atoms with van der Waals surface area (Å²) >= 11 is 0. The summed E-state index contributed by atoms with van der Waals surface area (Å²) in [5.74, 6) is 1.01. The molecule has 0 unspecified atom stereocenters. The fourth-order valence-corrected chi connectivity index (χ4v) is 4.34. The van der Waals surface area contributed by atoms with Gasteiger partial charge in [0.25, 0.3) is 0 Å². The van der Waals surface area contributed by atoms with Crippen LogP contribution >= 0.6 is 0 Å². The van der Waals surface area contributed by atoms with Crippen molar-refractivity contribution >= 4 is 11.3 Å². The highest BCUT2D eigenvalue weighted by atomic mass is 19.4. The average molecular weight is 470 g/mol. The molecule has 0 atom stereocenters. The summed E-state index contributed by atoms with van der Waals surface area (Å²) in [5.41, 5.74) is 6.77. The Bertz CT molecular complexity index is 1350. The monoisotopic (exact) mass is 470 g/mol. The number of alkyl halides is 3. The number of rotatable bonds is 5. The Balaban J connectivity index is 1.66. The second-order valence-electron chi connectivity index (χ2n) is 8.57. The number of halogens is 3. The summed E-state index contributed by atoms with van der Waals surface area (Å²) < 4.78 is 50.5. The van der Waals surface area contributed by atoms with E-state index in [1.807, 2.05) is 4.40 Å². The number of aromatic nitrogens is 3. The van der Waals surface area contributed by atoms with E-state index in [2.05, 4.69) is 9.72 Å². The van der Waals surface area contributed by atoms with E-state index in [1.165, 1.54) is 18.2 Å². The number of aliphatic hydroxyl groups is 1. The van der Waals surface area contributed by atoms with Gasteiger partial charge in [0.05, 0.1) is 5.60 Å². The summed E-state index contributed by atoms with van der Waals surface area (Å²) in [6.07, 6.45) is -0.520. The van der Waals surface area contributed by atoms with Crippen molar-refractivity contribution in [3.63, 3.8) is 0 Å². The Morgan fingerprint density at radius 2 is 1.85 bits per heavy atom. The first-order chi connectivity index (χ1) is 16.1. The molecule has 4 aromatic rings. The van der Waals surface area contributed by atoms with Crippen LogP contribution in [0.1, 0.15) is 31.5 Å². The highest BCUT2D eigenvalue weighted by Crippen LogP contribution is 2.46. The van der Waals surface area contributed by atoms with Gasteiger partial charge in [0.2, 0.25) is 0 Å². The van der Waals surface area contributed by atoms with E-state index in [9.17, 15) is 18.3 Å². The number of nitrogens with zero attached hydrogens (tertiary/aromatic N) is 3. The van der Waals surface area contributed by atoms with Crippen LogP contribution in [0.25, 0.3) is 16.8 Å². The standard InChI is InChI=1S/C24H21F3N4O3/c1-23(32)12-14(13-23)22-30-19(20-21(28)29-9-10-31(20)22)17-8-7-16(34-24(25,26)27)11-18(17)33-15-5-3-2-4-6-15/h2-11,14,32H,12-13H2,1H3,(H2,28,29). The maximum atomic E-state index is 12.9. The number of nitrogens with two attached hydrogens (primary N) is 1. The molecule has 1 aliphatic carbocycles. The molecule has 3 N–H and O–H groups in total. The van der Waals surface area contributed by atoms with Crippen LogP contribution < -0.4 is 15.2 Å². The van der Waals surface area contributed by atoms with E-state index in [0.29, 0.717) is 41.2 Å². The van der Waals surface area contributed by atoms with Crippen molar-refractivity contribution in [1.82, 2.24) is 14.4 Å². The minimum atomic E-state index is -4.85. The molecular weight excluding hydrogens is 449 g/mol. The number of benzene rings is 2. The first kappa shape index (κ1) is 22.0. The molecule has 2 aromatic heterocycles. The van der Waals surface area contributed by atoms with Crippen LogP contribution in [0.2, 0.25) is 0 Å². The zero-order chi connectivity index (χ0) is 24.1. The normalized spacial score (nSPS) is 20.2. The summed E-state index contributed by atoms with van der Waals surface area (Å²) in [4.78, 5) is 8.97. The molecule has 34 heavy (non-hydrogen) atoms. The van der Waals surface area contributed by atoms with Crippen molar-refractivity contribution in [3.05, 3.63) is 66.7 Å². The topological polar surface area (TPSA) is 94.9 Å². The van der Waals surface area contributed by atoms with Crippen molar-refractivity contribution in [2.24, 2.45) is 0 Å². The molecule has 10 heteroatoms. The van der Waals surface area contributed by atoms with Gasteiger partial charge < -0.3 is 20.3 Å². The lowest BCUT2D eigenvalue weighted by molar-refractivity contribution is -0.274. The fourth-order valence-electron chi connectivity index (χ4n) is 4.34. The Labute approximate surface area is 192 Å². The number of fused-ring (bicyclic) bond motifs is 1. The highest BCUT2D eigenvalue weighted by Gasteiger charge is 2.42. The molecule has 1 aliphatic rings. The van der Waals surface area contributed by atoms with Gasteiger partial charge >= 0.3 is 6.36 Å². The minimum absolute atomic E-state index is 0.00984. The van der Waals surface area contributed by atoms with Crippen molar-refractivity contribution in [1.29, 1.82) is 0 Å². The van der Waals surface area contributed by atoms with Gasteiger partial charge in [-0.05, 0) is 44.0 Å². The Morgan fingerprint density at radius 1 is 1.12 bits per heavy atom. The highest BCUT2D eigenvalue weighted by molar-refractivity contribution is 5.88. The van der Waals surface area contributed by atoms with Crippen LogP contribution in [-0.2, 0) is 0 Å². The quantitative estimate of drug-likeness (QED) is 0.411. The maximum Gasteiger partial charge on any atom is 0.573 e. The fraction of sp³-hybridized carbons (Fsp3) is 0.250. The van der Waals surface area contributed by atoms with E-state index in [0.717, 1.165) is 0 Å². The van der Waals surface area contributed by atoms with Gasteiger partial charge in [0.15, 0.2) is 0 Å². The van der Waals surface area contributed by atoms with E-state index >= 15 is 0 Å². The summed E-state index contributed by atoms with van der Waals surface area (Å²) in [5, 5.41) is 10.2. The lowest BCUT2D eigenvalue weighted by Crippen LogP contribution is -2.40. The predicted molar refractivity (Wildman–Crippen MR) is 119 cm³/mol. The Kier molecular flexibility index (Phi) is 5.12. The lowest BCUT2D eigenvalue weighted by Gasteiger charge is -2.40. The largest absolute Gasteiger partial charge is 0.573 e. The Hall–Kier alpha value is -3.79. The number of nitrogen functional groups attached to an aromatic ring is 1. The first-order valence-electron chi connectivity index (χ1n) is 10.6. The lowest BCUT2D eigenvalue weighted by atomic mass is 9.72. The maximum absolute atomic E-state index is 12.9. The van der Waals surface area contributed by atoms with Gasteiger partial charge in [-0.15, -0.1) is 13.2 Å². The summed E-state index contributed by atoms with van der Waals surface area (Å²) in [7, 11) is 0. The Morgan fingerprint density at radius 3 is 2.53 bits per heavy atom. The summed E-state index contributed by atoms with van der Waals surface area (Å²) in [6, 6.07) is 12.5. The van der Waals surface area contributed by atoms with E-state index in [4.69, 9.17) is 15.5 Å². The number of imidazole rings is 1. The molecule has 0 saturated heterocycles. The third-order valence-electron chi connectivity index (χ3n) is 5.76. The van der Waals surface area contributed by atoms with Gasteiger partial charge in [-0.2, -0.15) is 0 Å². The molecule has 1 saturated carbocycles. The number of ether oxygens (including phenoxy) is 2. The van der Waals surface area contributed by atoms with Crippen molar-refractivity contribution in [2.75, 3.05) is 5.73 Å². The molecule has 2 aromatic carbocycles. The average Bonchev–Trinajstić information content (AvgIpc) is 3.12. The van der Waals surface area contributed by atoms with Crippen LogP contribution in [0.3, 0.4) is 0 Å². The van der Waals surface area contributed by atoms with Crippen LogP contribution in [0.4, 0.5) is 19.0 Å². The number of hydrogen-bond donors (Lipinski definition) is 2. The first-order valence-corrected chi connectivity index (χ1v) is 10.6. The molecule has 0 radical (unpaired) electrons. The number of hydrogen-bond acceptors (Lipinski definition) is 6. The van der Waals surface area contributed by atoms with Gasteiger partial charge in [0, 0.05) is 29.9 Å². The smallest absolute Gasteiger partial charge is 0.457 e. The molecule has 5 rings (SSSR count). The van der Waals surface area contributed by atoms with Crippen LogP contribution in [0.15, 0.2) is 60.9 Å². The molecule has 176 valence electrons. The second kappa shape index (κ2) is 7.91. The molecule has 0 aliphatic heterocycles. The number of anilines is 1. The zero-order valence-corrected chi connectivity index (χ0v) is 18.1. The molecule has 0 spiro atoms. The van der Waals surface area contributed by atoms with E-state index < -0.39 is 17.7 Å². The van der Waals surface area contributed by atoms with E-state index in [1.54, 1.807) is 49.6 Å². The minimum Gasteiger partial charge on any atom is -0.457 e. The van der Waals surface area contributed by atoms with Crippen molar-refractivity contribution < 1.29 is 27.8 Å². The number of para-hydroxylation sites is 1. The second-order valence-corrected chi connectivity index (χ2v) is 8.57. The molecule has 0 bridgehead atoms. The summed E-state index contributed by atoms with van der Waals surface area (Å²) in [6.45, 7) is 1.77. The molecule has 1 fully saturated rings. The van der Waals surface area contributed by atoms with Crippen LogP contribution in [0.5, 0.6) is 17.2 Å². The van der Waals surface area contributed by atoms with E-state index in [-0.39, 0.29) is 17.5 Å².